The van der Waals surface area contributed by atoms with E-state index < -0.39 is 19.7 Å². The first-order valence-corrected chi connectivity index (χ1v) is 6.89. The van der Waals surface area contributed by atoms with Gasteiger partial charge in [-0.1, -0.05) is 15.9 Å². The largest absolute Gasteiger partial charge is 0.277 e. The number of non-ortho nitro benzene ring substituents is 4. The third-order valence-electron chi connectivity index (χ3n) is 2.54. The number of benzene rings is 2. The van der Waals surface area contributed by atoms with E-state index in [0.29, 0.717) is 4.47 Å². The molecule has 0 atom stereocenters. The number of hydrogen-bond acceptors (Lipinski definition) is 8. The van der Waals surface area contributed by atoms with Crippen molar-refractivity contribution in [1.29, 1.82) is 0 Å². The molecule has 0 bridgehead atoms. The number of hydrogen-bond donors (Lipinski definition) is 0. The number of halogens is 1. The smallest absolute Gasteiger partial charge is 0.258 e. The molecule has 2 rings (SSSR count). The van der Waals surface area contributed by atoms with Crippen LogP contribution in [-0.2, 0) is 0 Å². The van der Waals surface area contributed by atoms with Crippen LogP contribution in [0.2, 0.25) is 0 Å². The van der Waals surface area contributed by atoms with Crippen LogP contribution in [-0.4, -0.2) is 19.7 Å². The molecule has 0 fully saturated rings. The maximum atomic E-state index is 10.3. The average molecular weight is 415 g/mol. The third-order valence-corrected chi connectivity index (χ3v) is 3.00. The molecule has 0 aliphatic rings. The normalized spacial score (nSPS) is 9.48. The maximum Gasteiger partial charge on any atom is 0.277 e. The molecular weight excluding hydrogens is 408 g/mol. The van der Waals surface area contributed by atoms with E-state index in [0.717, 1.165) is 12.1 Å². The lowest BCUT2D eigenvalue weighted by molar-refractivity contribution is -0.394. The second-order valence-electron chi connectivity index (χ2n) is 4.22. The first-order chi connectivity index (χ1) is 11.6. The molecule has 0 unspecified atom stereocenters. The highest BCUT2D eigenvalue weighted by molar-refractivity contribution is 9.10. The van der Waals surface area contributed by atoms with Gasteiger partial charge in [0.25, 0.3) is 22.7 Å². The van der Waals surface area contributed by atoms with E-state index in [-0.39, 0.29) is 22.7 Å². The van der Waals surface area contributed by atoms with Crippen molar-refractivity contribution in [3.63, 3.8) is 0 Å². The molecular formula is C12H7BrN4O8. The Bertz CT molecular complexity index is 795. The molecule has 25 heavy (non-hydrogen) atoms. The second-order valence-corrected chi connectivity index (χ2v) is 5.13. The molecule has 0 heterocycles. The molecule has 0 amide bonds. The second kappa shape index (κ2) is 8.39. The van der Waals surface area contributed by atoms with Gasteiger partial charge in [-0.2, -0.15) is 0 Å². The summed E-state index contributed by atoms with van der Waals surface area (Å²) in [5.41, 5.74) is -1.16. The van der Waals surface area contributed by atoms with Crippen LogP contribution in [0.3, 0.4) is 0 Å². The van der Waals surface area contributed by atoms with E-state index >= 15 is 0 Å². The Morgan fingerprint density at radius 3 is 1.24 bits per heavy atom. The summed E-state index contributed by atoms with van der Waals surface area (Å²) in [7, 11) is 0. The van der Waals surface area contributed by atoms with Crippen LogP contribution in [0.15, 0.2) is 46.9 Å². The minimum absolute atomic E-state index is 0.274. The van der Waals surface area contributed by atoms with E-state index in [1.807, 2.05) is 0 Å². The monoisotopic (exact) mass is 414 g/mol. The predicted octanol–water partition coefficient (Wildman–Crippen LogP) is 3.77. The molecule has 2 aromatic carbocycles. The quantitative estimate of drug-likeness (QED) is 0.536. The van der Waals surface area contributed by atoms with Crippen molar-refractivity contribution in [1.82, 2.24) is 0 Å². The Morgan fingerprint density at radius 2 is 0.920 bits per heavy atom. The van der Waals surface area contributed by atoms with Crippen LogP contribution in [0.4, 0.5) is 22.7 Å². The van der Waals surface area contributed by atoms with Gasteiger partial charge in [0, 0.05) is 28.7 Å². The van der Waals surface area contributed by atoms with Crippen LogP contribution in [0.5, 0.6) is 0 Å². The molecule has 0 aromatic heterocycles. The fourth-order valence-corrected chi connectivity index (χ4v) is 1.96. The van der Waals surface area contributed by atoms with Gasteiger partial charge >= 0.3 is 0 Å². The van der Waals surface area contributed by atoms with Gasteiger partial charge in [-0.3, -0.25) is 40.5 Å². The number of nitro groups is 4. The summed E-state index contributed by atoms with van der Waals surface area (Å²) in [4.78, 5) is 38.2. The van der Waals surface area contributed by atoms with E-state index in [2.05, 4.69) is 15.9 Å². The summed E-state index contributed by atoms with van der Waals surface area (Å²) in [6.07, 6.45) is 0. The predicted molar refractivity (Wildman–Crippen MR) is 87.2 cm³/mol. The van der Waals surface area contributed by atoms with Gasteiger partial charge in [0.2, 0.25) is 0 Å². The van der Waals surface area contributed by atoms with Crippen molar-refractivity contribution < 1.29 is 19.7 Å². The van der Waals surface area contributed by atoms with Crippen LogP contribution in [0.25, 0.3) is 0 Å². The highest BCUT2D eigenvalue weighted by Gasteiger charge is 2.15. The molecule has 130 valence electrons. The average Bonchev–Trinajstić information content (AvgIpc) is 2.54. The summed E-state index contributed by atoms with van der Waals surface area (Å²) in [6, 6.07) is 7.90. The molecule has 0 aliphatic heterocycles. The molecule has 0 spiro atoms. The van der Waals surface area contributed by atoms with Gasteiger partial charge in [-0.15, -0.1) is 0 Å². The lowest BCUT2D eigenvalue weighted by Gasteiger charge is -1.93. The van der Waals surface area contributed by atoms with Crippen molar-refractivity contribution in [2.75, 3.05) is 0 Å². The van der Waals surface area contributed by atoms with Gasteiger partial charge in [-0.25, -0.2) is 0 Å². The van der Waals surface area contributed by atoms with Gasteiger partial charge in [-0.05, 0) is 6.07 Å². The first kappa shape index (κ1) is 19.6. The third kappa shape index (κ3) is 5.91. The fourth-order valence-electron chi connectivity index (χ4n) is 1.49. The fraction of sp³-hybridized carbons (Fsp3) is 0. The highest BCUT2D eigenvalue weighted by Crippen LogP contribution is 2.25. The Kier molecular flexibility index (Phi) is 6.57. The standard InChI is InChI=1S/C6H3BrN2O4.C6H4N2O4/c7-4-1-5(8(10)11)3-6(2-4)9(12)13;9-7(10)5-2-1-3-6(4-5)8(11)12/h1-3H;1-4H. The van der Waals surface area contributed by atoms with E-state index in [1.165, 1.54) is 30.3 Å². The maximum absolute atomic E-state index is 10.3. The molecule has 0 N–H and O–H groups in total. The van der Waals surface area contributed by atoms with E-state index in [4.69, 9.17) is 0 Å². The summed E-state index contributed by atoms with van der Waals surface area (Å²) in [5, 5.41) is 40.9. The first-order valence-electron chi connectivity index (χ1n) is 6.10. The van der Waals surface area contributed by atoms with Gasteiger partial charge in [0.15, 0.2) is 0 Å². The van der Waals surface area contributed by atoms with Gasteiger partial charge in [0.05, 0.1) is 31.8 Å². The van der Waals surface area contributed by atoms with Crippen LogP contribution < -0.4 is 0 Å². The van der Waals surface area contributed by atoms with Crippen molar-refractivity contribution in [3.8, 4) is 0 Å². The van der Waals surface area contributed by atoms with E-state index in [1.54, 1.807) is 0 Å². The Hall–Kier alpha value is -3.48. The summed E-state index contributed by atoms with van der Waals surface area (Å²) in [5.74, 6) is 0. The van der Waals surface area contributed by atoms with Crippen molar-refractivity contribution in [3.05, 3.63) is 87.4 Å². The minimum atomic E-state index is -0.683. The molecule has 0 saturated heterocycles. The number of rotatable bonds is 4. The van der Waals surface area contributed by atoms with Crippen LogP contribution in [0, 0.1) is 40.5 Å². The van der Waals surface area contributed by atoms with Crippen LogP contribution >= 0.6 is 15.9 Å². The molecule has 0 radical (unpaired) electrons. The van der Waals surface area contributed by atoms with Crippen molar-refractivity contribution in [2.24, 2.45) is 0 Å². The van der Waals surface area contributed by atoms with Gasteiger partial charge < -0.3 is 0 Å². The van der Waals surface area contributed by atoms with Gasteiger partial charge in [0.1, 0.15) is 0 Å². The van der Waals surface area contributed by atoms with Crippen molar-refractivity contribution >= 4 is 38.7 Å². The highest BCUT2D eigenvalue weighted by atomic mass is 79.9. The number of nitrogens with zero attached hydrogens (tertiary/aromatic N) is 4. The lowest BCUT2D eigenvalue weighted by Crippen LogP contribution is -1.92. The summed E-state index contributed by atoms with van der Waals surface area (Å²) >= 11 is 2.94. The molecule has 12 nitrogen and oxygen atoms in total. The minimum Gasteiger partial charge on any atom is -0.258 e. The Morgan fingerprint density at radius 1 is 0.600 bits per heavy atom. The topological polar surface area (TPSA) is 173 Å². The zero-order valence-electron chi connectivity index (χ0n) is 12.0. The zero-order chi connectivity index (χ0) is 19.1. The molecule has 0 saturated carbocycles. The number of nitro benzene ring substituents is 4. The SMILES string of the molecule is O=[N+]([O-])c1cc(Br)cc([N+](=O)[O-])c1.O=[N+]([O-])c1cccc([N+](=O)[O-])c1. The molecule has 13 heteroatoms. The van der Waals surface area contributed by atoms with Crippen molar-refractivity contribution in [2.45, 2.75) is 0 Å². The Labute approximate surface area is 146 Å². The van der Waals surface area contributed by atoms with E-state index in [9.17, 15) is 40.5 Å². The zero-order valence-corrected chi connectivity index (χ0v) is 13.6. The lowest BCUT2D eigenvalue weighted by atomic mass is 10.3. The molecule has 0 aliphatic carbocycles. The summed E-state index contributed by atoms with van der Waals surface area (Å²) < 4.78 is 0.313. The molecule has 2 aromatic rings. The van der Waals surface area contributed by atoms with Crippen LogP contribution in [0.1, 0.15) is 0 Å². The Balaban J connectivity index is 0.000000251. The summed E-state index contributed by atoms with van der Waals surface area (Å²) in [6.45, 7) is 0.